The van der Waals surface area contributed by atoms with Gasteiger partial charge in [0.25, 0.3) is 0 Å². The number of benzene rings is 1. The monoisotopic (exact) mass is 276 g/mol. The average Bonchev–Trinajstić information content (AvgIpc) is 3.20. The van der Waals surface area contributed by atoms with E-state index in [1.807, 2.05) is 12.1 Å². The number of nitrogens with zero attached hydrogens (tertiary/aromatic N) is 1. The topological polar surface area (TPSA) is 83.6 Å². The van der Waals surface area contributed by atoms with Crippen LogP contribution in [0.1, 0.15) is 31.7 Å². The Hall–Kier alpha value is -2.04. The summed E-state index contributed by atoms with van der Waals surface area (Å²) in [7, 11) is 1.57. The second-order valence-corrected chi connectivity index (χ2v) is 5.38. The van der Waals surface area contributed by atoms with Crippen molar-refractivity contribution in [1.82, 2.24) is 4.90 Å². The zero-order valence-electron chi connectivity index (χ0n) is 11.8. The Labute approximate surface area is 118 Å². The third-order valence-corrected chi connectivity index (χ3v) is 4.08. The summed E-state index contributed by atoms with van der Waals surface area (Å²) in [6, 6.07) is 6.49. The summed E-state index contributed by atoms with van der Waals surface area (Å²) in [6.45, 7) is 1.77. The van der Waals surface area contributed by atoms with E-state index < -0.39 is 17.4 Å². The van der Waals surface area contributed by atoms with Crippen LogP contribution >= 0.6 is 0 Å². The fraction of sp³-hybridized carbons (Fsp3) is 0.467. The number of anilines is 1. The Balaban J connectivity index is 2.24. The molecule has 0 bridgehead atoms. The fourth-order valence-electron chi connectivity index (χ4n) is 2.65. The molecule has 5 nitrogen and oxygen atoms in total. The Morgan fingerprint density at radius 1 is 1.35 bits per heavy atom. The van der Waals surface area contributed by atoms with Gasteiger partial charge >= 0.3 is 5.97 Å². The number of likely N-dealkylation sites (N-methyl/N-ethyl adjacent to an activating group) is 1. The summed E-state index contributed by atoms with van der Waals surface area (Å²) in [6.07, 6.45) is 1.92. The number of nitrogens with two attached hydrogens (primary N) is 1. The lowest BCUT2D eigenvalue weighted by Gasteiger charge is -2.28. The molecule has 2 rings (SSSR count). The van der Waals surface area contributed by atoms with E-state index in [9.17, 15) is 14.7 Å². The van der Waals surface area contributed by atoms with Crippen molar-refractivity contribution in [3.63, 3.8) is 0 Å². The number of rotatable bonds is 5. The van der Waals surface area contributed by atoms with E-state index in [0.717, 1.165) is 18.4 Å². The van der Waals surface area contributed by atoms with Crippen LogP contribution in [0.15, 0.2) is 24.3 Å². The van der Waals surface area contributed by atoms with Crippen LogP contribution in [-0.4, -0.2) is 35.0 Å². The van der Waals surface area contributed by atoms with Gasteiger partial charge in [0.05, 0.1) is 5.41 Å². The molecular formula is C15H20N2O3. The van der Waals surface area contributed by atoms with Crippen LogP contribution in [0.3, 0.4) is 0 Å². The molecule has 0 saturated heterocycles. The van der Waals surface area contributed by atoms with Gasteiger partial charge in [0.1, 0.15) is 6.04 Å². The average molecular weight is 276 g/mol. The Morgan fingerprint density at radius 3 is 2.30 bits per heavy atom. The summed E-state index contributed by atoms with van der Waals surface area (Å²) < 4.78 is 0. The number of amides is 1. The van der Waals surface area contributed by atoms with Crippen molar-refractivity contribution in [2.45, 2.75) is 37.6 Å². The Bertz CT molecular complexity index is 520. The van der Waals surface area contributed by atoms with Gasteiger partial charge in [-0.05, 0) is 37.0 Å². The van der Waals surface area contributed by atoms with Gasteiger partial charge in [-0.1, -0.05) is 19.1 Å². The molecule has 1 aliphatic carbocycles. The van der Waals surface area contributed by atoms with E-state index in [1.165, 1.54) is 4.90 Å². The number of carbonyl (C=O) groups excluding carboxylic acids is 1. The minimum Gasteiger partial charge on any atom is -0.480 e. The van der Waals surface area contributed by atoms with Crippen molar-refractivity contribution in [3.8, 4) is 0 Å². The van der Waals surface area contributed by atoms with Crippen LogP contribution in [0.2, 0.25) is 0 Å². The SMILES string of the molecule is CCC(C(=O)O)N(C)C(=O)C1(c2ccc(N)cc2)CC1. The van der Waals surface area contributed by atoms with E-state index >= 15 is 0 Å². The summed E-state index contributed by atoms with van der Waals surface area (Å²) in [5.74, 6) is -1.08. The second kappa shape index (κ2) is 5.15. The van der Waals surface area contributed by atoms with Crippen molar-refractivity contribution in [1.29, 1.82) is 0 Å². The molecule has 0 aliphatic heterocycles. The molecule has 5 heteroatoms. The molecule has 3 N–H and O–H groups in total. The summed E-state index contributed by atoms with van der Waals surface area (Å²) in [4.78, 5) is 25.2. The van der Waals surface area contributed by atoms with Gasteiger partial charge in [-0.3, -0.25) is 4.79 Å². The maximum atomic E-state index is 12.6. The zero-order chi connectivity index (χ0) is 14.9. The molecule has 108 valence electrons. The van der Waals surface area contributed by atoms with Gasteiger partial charge in [-0.2, -0.15) is 0 Å². The minimum atomic E-state index is -0.962. The van der Waals surface area contributed by atoms with Crippen LogP contribution in [0.25, 0.3) is 0 Å². The smallest absolute Gasteiger partial charge is 0.326 e. The van der Waals surface area contributed by atoms with Crippen molar-refractivity contribution in [3.05, 3.63) is 29.8 Å². The first kappa shape index (κ1) is 14.4. The summed E-state index contributed by atoms with van der Waals surface area (Å²) in [5.41, 5.74) is 6.69. The molecule has 1 aliphatic rings. The molecule has 0 heterocycles. The number of nitrogen functional groups attached to an aromatic ring is 1. The van der Waals surface area contributed by atoms with Crippen LogP contribution in [0.5, 0.6) is 0 Å². The van der Waals surface area contributed by atoms with Crippen molar-refractivity contribution in [2.24, 2.45) is 0 Å². The number of carboxylic acids is 1. The third kappa shape index (κ3) is 2.35. The quantitative estimate of drug-likeness (QED) is 0.800. The van der Waals surface area contributed by atoms with E-state index in [-0.39, 0.29) is 5.91 Å². The summed E-state index contributed by atoms with van der Waals surface area (Å²) >= 11 is 0. The van der Waals surface area contributed by atoms with Gasteiger partial charge in [-0.25, -0.2) is 4.79 Å². The largest absolute Gasteiger partial charge is 0.480 e. The first-order valence-corrected chi connectivity index (χ1v) is 6.78. The normalized spacial score (nSPS) is 17.3. The van der Waals surface area contributed by atoms with Gasteiger partial charge < -0.3 is 15.7 Å². The van der Waals surface area contributed by atoms with Crippen LogP contribution in [-0.2, 0) is 15.0 Å². The summed E-state index contributed by atoms with van der Waals surface area (Å²) in [5, 5.41) is 9.18. The van der Waals surface area contributed by atoms with E-state index in [1.54, 1.807) is 26.1 Å². The molecule has 1 fully saturated rings. The van der Waals surface area contributed by atoms with Gasteiger partial charge in [-0.15, -0.1) is 0 Å². The number of aliphatic carboxylic acids is 1. The van der Waals surface area contributed by atoms with Crippen LogP contribution in [0, 0.1) is 0 Å². The van der Waals surface area contributed by atoms with Crippen molar-refractivity contribution < 1.29 is 14.7 Å². The Morgan fingerprint density at radius 2 is 1.90 bits per heavy atom. The molecule has 1 amide bonds. The fourth-order valence-corrected chi connectivity index (χ4v) is 2.65. The molecule has 0 spiro atoms. The third-order valence-electron chi connectivity index (χ3n) is 4.08. The highest BCUT2D eigenvalue weighted by Crippen LogP contribution is 2.49. The lowest BCUT2D eigenvalue weighted by molar-refractivity contribution is -0.150. The molecule has 1 aromatic carbocycles. The lowest BCUT2D eigenvalue weighted by Crippen LogP contribution is -2.46. The highest BCUT2D eigenvalue weighted by atomic mass is 16.4. The molecule has 0 aromatic heterocycles. The van der Waals surface area contributed by atoms with E-state index in [0.29, 0.717) is 12.1 Å². The molecule has 20 heavy (non-hydrogen) atoms. The zero-order valence-corrected chi connectivity index (χ0v) is 11.8. The highest BCUT2D eigenvalue weighted by molar-refractivity contribution is 5.93. The molecule has 0 radical (unpaired) electrons. The number of hydrogen-bond acceptors (Lipinski definition) is 3. The molecule has 1 unspecified atom stereocenters. The first-order chi connectivity index (χ1) is 9.42. The number of hydrogen-bond donors (Lipinski definition) is 2. The van der Waals surface area contributed by atoms with Gasteiger partial charge in [0, 0.05) is 12.7 Å². The van der Waals surface area contributed by atoms with Crippen molar-refractivity contribution >= 4 is 17.6 Å². The standard InChI is InChI=1S/C15H20N2O3/c1-3-12(13(18)19)17(2)14(20)15(8-9-15)10-4-6-11(16)7-5-10/h4-7,12H,3,8-9,16H2,1-2H3,(H,18,19). The predicted molar refractivity (Wildman–Crippen MR) is 76.3 cm³/mol. The van der Waals surface area contributed by atoms with Crippen LogP contribution < -0.4 is 5.73 Å². The van der Waals surface area contributed by atoms with Gasteiger partial charge in [0.15, 0.2) is 0 Å². The minimum absolute atomic E-state index is 0.114. The molecule has 1 aromatic rings. The highest BCUT2D eigenvalue weighted by Gasteiger charge is 2.53. The predicted octanol–water partition coefficient (Wildman–Crippen LogP) is 1.62. The second-order valence-electron chi connectivity index (χ2n) is 5.38. The maximum absolute atomic E-state index is 12.6. The first-order valence-electron chi connectivity index (χ1n) is 6.78. The van der Waals surface area contributed by atoms with Crippen LogP contribution in [0.4, 0.5) is 5.69 Å². The maximum Gasteiger partial charge on any atom is 0.326 e. The Kier molecular flexibility index (Phi) is 3.70. The van der Waals surface area contributed by atoms with Crippen molar-refractivity contribution in [2.75, 3.05) is 12.8 Å². The number of carbonyl (C=O) groups is 2. The lowest BCUT2D eigenvalue weighted by atomic mass is 9.93. The number of carboxylic acid groups (broad SMARTS) is 1. The van der Waals surface area contributed by atoms with E-state index in [2.05, 4.69) is 0 Å². The molecular weight excluding hydrogens is 256 g/mol. The molecule has 1 atom stereocenters. The molecule has 1 saturated carbocycles. The van der Waals surface area contributed by atoms with Gasteiger partial charge in [0.2, 0.25) is 5.91 Å². The van der Waals surface area contributed by atoms with E-state index in [4.69, 9.17) is 5.73 Å².